The number of nitrogens with zero attached hydrogens (tertiary/aromatic N) is 3. The summed E-state index contributed by atoms with van der Waals surface area (Å²) in [5.74, 6) is -0.355. The second-order valence-electron chi connectivity index (χ2n) is 7.87. The van der Waals surface area contributed by atoms with Crippen molar-refractivity contribution >= 4 is 17.7 Å². The Bertz CT molecular complexity index is 1070. The zero-order chi connectivity index (χ0) is 24.5. The predicted molar refractivity (Wildman–Crippen MR) is 129 cm³/mol. The van der Waals surface area contributed by atoms with Crippen LogP contribution in [0, 0.1) is 11.3 Å². The molecule has 3 N–H and O–H groups in total. The third kappa shape index (κ3) is 6.11. The Morgan fingerprint density at radius 2 is 1.82 bits per heavy atom. The average Bonchev–Trinajstić information content (AvgIpc) is 2.87. The molecule has 0 saturated carbocycles. The molecule has 3 rings (SSSR count). The second-order valence-corrected chi connectivity index (χ2v) is 7.87. The summed E-state index contributed by atoms with van der Waals surface area (Å²) in [6.07, 6.45) is 2.10. The fourth-order valence-corrected chi connectivity index (χ4v) is 3.87. The molecule has 1 fully saturated rings. The van der Waals surface area contributed by atoms with Crippen LogP contribution in [0.3, 0.4) is 0 Å². The maximum absolute atomic E-state index is 12.4. The fourth-order valence-electron chi connectivity index (χ4n) is 3.87. The smallest absolute Gasteiger partial charge is 0.261 e. The molecule has 0 unspecified atom stereocenters. The molecule has 0 spiro atoms. The molecular formula is C25H30N4O5. The largest absolute Gasteiger partial charge is 0.504 e. The highest BCUT2D eigenvalue weighted by Gasteiger charge is 2.19. The Kier molecular flexibility index (Phi) is 8.60. The number of para-hydroxylation sites is 2. The van der Waals surface area contributed by atoms with Gasteiger partial charge in [0.2, 0.25) is 5.75 Å². The van der Waals surface area contributed by atoms with Gasteiger partial charge in [0.25, 0.3) is 5.91 Å². The summed E-state index contributed by atoms with van der Waals surface area (Å²) in [6, 6.07) is 12.6. The second kappa shape index (κ2) is 11.8. The third-order valence-corrected chi connectivity index (χ3v) is 5.71. The lowest BCUT2D eigenvalue weighted by Gasteiger charge is -2.36. The number of anilines is 1. The van der Waals surface area contributed by atoms with Gasteiger partial charge in [-0.1, -0.05) is 12.1 Å². The Balaban J connectivity index is 1.46. The molecule has 9 nitrogen and oxygen atoms in total. The molecule has 1 aliphatic rings. The van der Waals surface area contributed by atoms with Crippen LogP contribution >= 0.6 is 0 Å². The van der Waals surface area contributed by atoms with Gasteiger partial charge in [-0.15, -0.1) is 0 Å². The van der Waals surface area contributed by atoms with Gasteiger partial charge in [0.1, 0.15) is 17.4 Å². The molecule has 1 saturated heterocycles. The molecule has 2 aromatic rings. The molecule has 9 heteroatoms. The molecule has 0 radical (unpaired) electrons. The Labute approximate surface area is 199 Å². The van der Waals surface area contributed by atoms with Crippen LogP contribution in [0.4, 0.5) is 5.69 Å². The summed E-state index contributed by atoms with van der Waals surface area (Å²) in [5, 5.41) is 31.7. The Hall–Kier alpha value is -3.90. The third-order valence-electron chi connectivity index (χ3n) is 5.71. The van der Waals surface area contributed by atoms with Gasteiger partial charge in [-0.25, -0.2) is 0 Å². The van der Waals surface area contributed by atoms with E-state index in [2.05, 4.69) is 21.2 Å². The number of hydrogen-bond donors (Lipinski definition) is 3. The van der Waals surface area contributed by atoms with E-state index in [0.717, 1.165) is 50.6 Å². The van der Waals surface area contributed by atoms with Crippen LogP contribution in [0.2, 0.25) is 0 Å². The lowest BCUT2D eigenvalue weighted by atomic mass is 10.1. The summed E-state index contributed by atoms with van der Waals surface area (Å²) in [4.78, 5) is 17.1. The highest BCUT2D eigenvalue weighted by Crippen LogP contribution is 2.36. The minimum atomic E-state index is -0.491. The van der Waals surface area contributed by atoms with Gasteiger partial charge in [0.15, 0.2) is 11.5 Å². The number of benzene rings is 2. The van der Waals surface area contributed by atoms with E-state index < -0.39 is 17.4 Å². The predicted octanol–water partition coefficient (Wildman–Crippen LogP) is 2.35. The van der Waals surface area contributed by atoms with Crippen LogP contribution in [0.1, 0.15) is 12.0 Å². The number of phenolic OH excluding ortho intramolecular Hbond substituents is 2. The molecule has 2 aromatic carbocycles. The van der Waals surface area contributed by atoms with Crippen molar-refractivity contribution in [2.75, 3.05) is 58.4 Å². The lowest BCUT2D eigenvalue weighted by molar-refractivity contribution is -0.117. The Morgan fingerprint density at radius 3 is 2.50 bits per heavy atom. The molecule has 34 heavy (non-hydrogen) atoms. The Morgan fingerprint density at radius 1 is 1.12 bits per heavy atom. The number of nitriles is 1. The van der Waals surface area contributed by atoms with Crippen LogP contribution in [-0.2, 0) is 4.79 Å². The maximum atomic E-state index is 12.4. The number of aromatic hydroxyl groups is 2. The van der Waals surface area contributed by atoms with Crippen molar-refractivity contribution in [1.29, 1.82) is 5.26 Å². The fraction of sp³-hybridized carbons (Fsp3) is 0.360. The van der Waals surface area contributed by atoms with Gasteiger partial charge in [0, 0.05) is 32.7 Å². The summed E-state index contributed by atoms with van der Waals surface area (Å²) >= 11 is 0. The molecule has 1 heterocycles. The zero-order valence-corrected chi connectivity index (χ0v) is 19.5. The number of phenols is 2. The lowest BCUT2D eigenvalue weighted by Crippen LogP contribution is -2.47. The molecule has 180 valence electrons. The molecular weight excluding hydrogens is 436 g/mol. The number of carbonyl (C=O) groups excluding carboxylic acids is 1. The summed E-state index contributed by atoms with van der Waals surface area (Å²) in [7, 11) is 3.03. The number of nitrogens with one attached hydrogen (secondary N) is 1. The molecule has 0 atom stereocenters. The first-order valence-electron chi connectivity index (χ1n) is 11.1. The van der Waals surface area contributed by atoms with Crippen molar-refractivity contribution in [3.63, 3.8) is 0 Å². The van der Waals surface area contributed by atoms with Crippen LogP contribution in [-0.4, -0.2) is 74.5 Å². The first-order chi connectivity index (χ1) is 16.5. The molecule has 1 amide bonds. The minimum Gasteiger partial charge on any atom is -0.504 e. The van der Waals surface area contributed by atoms with Crippen molar-refractivity contribution in [3.8, 4) is 29.1 Å². The van der Waals surface area contributed by atoms with Crippen molar-refractivity contribution < 1.29 is 24.5 Å². The average molecular weight is 467 g/mol. The normalized spacial score (nSPS) is 14.4. The van der Waals surface area contributed by atoms with Gasteiger partial charge in [0.05, 0.1) is 19.9 Å². The van der Waals surface area contributed by atoms with E-state index in [-0.39, 0.29) is 11.3 Å². The van der Waals surface area contributed by atoms with E-state index in [4.69, 9.17) is 9.47 Å². The molecule has 1 aliphatic heterocycles. The van der Waals surface area contributed by atoms with E-state index in [0.29, 0.717) is 12.1 Å². The number of amides is 1. The zero-order valence-electron chi connectivity index (χ0n) is 19.5. The summed E-state index contributed by atoms with van der Waals surface area (Å²) in [5.41, 5.74) is 1.37. The van der Waals surface area contributed by atoms with E-state index in [1.165, 1.54) is 25.3 Å². The topological polar surface area (TPSA) is 118 Å². The van der Waals surface area contributed by atoms with Gasteiger partial charge in [-0.05, 0) is 48.9 Å². The van der Waals surface area contributed by atoms with Crippen LogP contribution in [0.25, 0.3) is 6.08 Å². The van der Waals surface area contributed by atoms with Crippen LogP contribution < -0.4 is 19.7 Å². The quantitative estimate of drug-likeness (QED) is 0.223. The first kappa shape index (κ1) is 24.7. The van der Waals surface area contributed by atoms with Gasteiger partial charge < -0.3 is 29.9 Å². The highest BCUT2D eigenvalue weighted by molar-refractivity contribution is 6.01. The van der Waals surface area contributed by atoms with Gasteiger partial charge in [-0.3, -0.25) is 9.69 Å². The standard InChI is InChI=1S/C25H30N4O5/c1-33-22-7-4-3-6-20(22)29-12-10-28(11-13-29)9-5-8-27-25(32)19(17-26)14-18-15-21(30)24(31)23(16-18)34-2/h3-4,6-7,14-16,30-31H,5,8-13H2,1-2H3,(H,27,32)/b19-14+. The van der Waals surface area contributed by atoms with E-state index in [9.17, 15) is 20.3 Å². The van der Waals surface area contributed by atoms with E-state index in [1.807, 2.05) is 24.3 Å². The number of piperazine rings is 1. The minimum absolute atomic E-state index is 0.0507. The summed E-state index contributed by atoms with van der Waals surface area (Å²) in [6.45, 7) is 4.92. The SMILES string of the molecule is COc1ccccc1N1CCN(CCCNC(=O)/C(C#N)=C/c2cc(O)c(O)c(OC)c2)CC1. The van der Waals surface area contributed by atoms with Gasteiger partial charge in [-0.2, -0.15) is 5.26 Å². The van der Waals surface area contributed by atoms with E-state index in [1.54, 1.807) is 7.11 Å². The summed E-state index contributed by atoms with van der Waals surface area (Å²) < 4.78 is 10.4. The van der Waals surface area contributed by atoms with E-state index >= 15 is 0 Å². The van der Waals surface area contributed by atoms with Crippen molar-refractivity contribution in [1.82, 2.24) is 10.2 Å². The number of carbonyl (C=O) groups is 1. The number of hydrogen-bond acceptors (Lipinski definition) is 8. The van der Waals surface area contributed by atoms with Crippen LogP contribution in [0.15, 0.2) is 42.0 Å². The maximum Gasteiger partial charge on any atom is 0.261 e. The van der Waals surface area contributed by atoms with Crippen molar-refractivity contribution in [2.24, 2.45) is 0 Å². The molecule has 0 aliphatic carbocycles. The van der Waals surface area contributed by atoms with Gasteiger partial charge >= 0.3 is 0 Å². The highest BCUT2D eigenvalue weighted by atomic mass is 16.5. The molecule has 0 aromatic heterocycles. The number of ether oxygens (including phenoxy) is 2. The monoisotopic (exact) mass is 466 g/mol. The van der Waals surface area contributed by atoms with Crippen molar-refractivity contribution in [2.45, 2.75) is 6.42 Å². The van der Waals surface area contributed by atoms with Crippen molar-refractivity contribution in [3.05, 3.63) is 47.5 Å². The van der Waals surface area contributed by atoms with Crippen LogP contribution in [0.5, 0.6) is 23.0 Å². The number of rotatable bonds is 9. The number of methoxy groups -OCH3 is 2. The first-order valence-corrected chi connectivity index (χ1v) is 11.1. The molecule has 0 bridgehead atoms.